The summed E-state index contributed by atoms with van der Waals surface area (Å²) in [7, 11) is 0. The number of halogens is 2. The van der Waals surface area contributed by atoms with Gasteiger partial charge in [-0.05, 0) is 84.2 Å². The molecule has 0 atom stereocenters. The van der Waals surface area contributed by atoms with Gasteiger partial charge in [-0.2, -0.15) is 0 Å². The molecule has 4 rings (SSSR count). The van der Waals surface area contributed by atoms with Crippen molar-refractivity contribution in [2.45, 2.75) is 58.8 Å². The van der Waals surface area contributed by atoms with E-state index in [2.05, 4.69) is 94.3 Å². The first-order valence-electron chi connectivity index (χ1n) is 10.1. The van der Waals surface area contributed by atoms with Gasteiger partial charge < -0.3 is 0 Å². The zero-order chi connectivity index (χ0) is 19.2. The summed E-state index contributed by atoms with van der Waals surface area (Å²) >= 11 is 7.06. The maximum absolute atomic E-state index is 3.55. The van der Waals surface area contributed by atoms with Crippen molar-refractivity contribution < 1.29 is 0 Å². The predicted molar refractivity (Wildman–Crippen MR) is 126 cm³/mol. The molecule has 142 valence electrons. The number of rotatable bonds is 5. The van der Waals surface area contributed by atoms with Gasteiger partial charge in [0.25, 0.3) is 0 Å². The van der Waals surface area contributed by atoms with Crippen LogP contribution in [0.25, 0.3) is 12.2 Å². The molecule has 2 aromatic rings. The fourth-order valence-electron chi connectivity index (χ4n) is 3.85. The fraction of sp³-hybridized carbons (Fsp3) is 0.360. The highest BCUT2D eigenvalue weighted by Crippen LogP contribution is 2.30. The lowest BCUT2D eigenvalue weighted by Gasteiger charge is -2.08. The van der Waals surface area contributed by atoms with E-state index < -0.39 is 0 Å². The van der Waals surface area contributed by atoms with Crippen molar-refractivity contribution in [3.63, 3.8) is 0 Å². The van der Waals surface area contributed by atoms with Crippen molar-refractivity contribution in [2.24, 2.45) is 0 Å². The number of hydrogen-bond acceptors (Lipinski definition) is 0. The average Bonchev–Trinajstić information content (AvgIpc) is 3.26. The van der Waals surface area contributed by atoms with E-state index >= 15 is 0 Å². The number of unbranched alkanes of at least 4 members (excludes halogenated alkanes) is 1. The van der Waals surface area contributed by atoms with Crippen LogP contribution in [0.1, 0.15) is 67.3 Å². The summed E-state index contributed by atoms with van der Waals surface area (Å²) in [6.07, 6.45) is 15.4. The van der Waals surface area contributed by atoms with Gasteiger partial charge >= 0.3 is 0 Å². The summed E-state index contributed by atoms with van der Waals surface area (Å²) in [6, 6.07) is 11.0. The molecule has 0 fully saturated rings. The summed E-state index contributed by atoms with van der Waals surface area (Å²) in [5, 5.41) is 0. The van der Waals surface area contributed by atoms with Crippen LogP contribution in [0.4, 0.5) is 0 Å². The third-order valence-electron chi connectivity index (χ3n) is 5.22. The van der Waals surface area contributed by atoms with E-state index in [1.54, 1.807) is 5.57 Å². The lowest BCUT2D eigenvalue weighted by atomic mass is 9.99. The van der Waals surface area contributed by atoms with Crippen molar-refractivity contribution in [1.29, 1.82) is 0 Å². The molecular formula is C25H28Br2. The van der Waals surface area contributed by atoms with Crippen LogP contribution in [0.2, 0.25) is 0 Å². The summed E-state index contributed by atoms with van der Waals surface area (Å²) in [6.45, 7) is 4.48. The Kier molecular flexibility index (Phi) is 7.55. The monoisotopic (exact) mass is 486 g/mol. The van der Waals surface area contributed by atoms with E-state index in [4.69, 9.17) is 0 Å². The Morgan fingerprint density at radius 1 is 0.889 bits per heavy atom. The van der Waals surface area contributed by atoms with Crippen molar-refractivity contribution in [2.75, 3.05) is 0 Å². The Balaban J connectivity index is 0.000000156. The summed E-state index contributed by atoms with van der Waals surface area (Å²) in [5.74, 6) is 0. The highest BCUT2D eigenvalue weighted by Gasteiger charge is 2.12. The zero-order valence-electron chi connectivity index (χ0n) is 16.3. The minimum atomic E-state index is 1.12. The third kappa shape index (κ3) is 5.45. The number of benzene rings is 2. The standard InChI is InChI=1S/C13H15Br.C12H13Br/c1-2-3-4-10-7-11-5-6-13(14)9-12(11)8-10;1-2-4-9-7-11(13)8-10-5-3-6-12(9)10/h5-6,8-9H,2-4,7H2,1H3;3,5,7-8H,2,4,6H2,1H3. The van der Waals surface area contributed by atoms with E-state index in [0.29, 0.717) is 0 Å². The maximum atomic E-state index is 3.55. The van der Waals surface area contributed by atoms with E-state index in [0.717, 1.165) is 6.42 Å². The second-order valence-electron chi connectivity index (χ2n) is 7.42. The van der Waals surface area contributed by atoms with Gasteiger partial charge in [0.15, 0.2) is 0 Å². The van der Waals surface area contributed by atoms with Crippen LogP contribution in [0.15, 0.2) is 50.9 Å². The molecule has 0 unspecified atom stereocenters. The van der Waals surface area contributed by atoms with Gasteiger partial charge in [0.1, 0.15) is 0 Å². The molecule has 0 aromatic heterocycles. The highest BCUT2D eigenvalue weighted by atomic mass is 79.9. The van der Waals surface area contributed by atoms with Crippen LogP contribution in [0.3, 0.4) is 0 Å². The number of hydrogen-bond donors (Lipinski definition) is 0. The first kappa shape index (κ1) is 20.6. The second-order valence-corrected chi connectivity index (χ2v) is 9.25. The predicted octanol–water partition coefficient (Wildman–Crippen LogP) is 8.55. The van der Waals surface area contributed by atoms with Crippen molar-refractivity contribution >= 4 is 44.0 Å². The van der Waals surface area contributed by atoms with Crippen LogP contribution in [-0.4, -0.2) is 0 Å². The van der Waals surface area contributed by atoms with Crippen molar-refractivity contribution in [1.82, 2.24) is 0 Å². The van der Waals surface area contributed by atoms with E-state index in [-0.39, 0.29) is 0 Å². The molecule has 0 bridgehead atoms. The summed E-state index contributed by atoms with van der Waals surface area (Å²) < 4.78 is 2.39. The van der Waals surface area contributed by atoms with Gasteiger partial charge in [-0.15, -0.1) is 0 Å². The van der Waals surface area contributed by atoms with Gasteiger partial charge in [0.2, 0.25) is 0 Å². The van der Waals surface area contributed by atoms with Gasteiger partial charge in [-0.1, -0.05) is 88.4 Å². The largest absolute Gasteiger partial charge is 0.0795 e. The van der Waals surface area contributed by atoms with Crippen LogP contribution in [0, 0.1) is 0 Å². The smallest absolute Gasteiger partial charge is 0.0184 e. The molecule has 0 nitrogen and oxygen atoms in total. The van der Waals surface area contributed by atoms with Gasteiger partial charge in [0.05, 0.1) is 0 Å². The van der Waals surface area contributed by atoms with E-state index in [1.807, 2.05) is 0 Å². The van der Waals surface area contributed by atoms with Crippen LogP contribution in [-0.2, 0) is 19.3 Å². The molecule has 27 heavy (non-hydrogen) atoms. The van der Waals surface area contributed by atoms with Crippen LogP contribution in [0.5, 0.6) is 0 Å². The molecule has 0 saturated heterocycles. The first-order valence-corrected chi connectivity index (χ1v) is 11.6. The molecule has 0 heterocycles. The highest BCUT2D eigenvalue weighted by molar-refractivity contribution is 9.10. The number of aryl methyl sites for hydroxylation is 1. The molecule has 0 aliphatic heterocycles. The lowest BCUT2D eigenvalue weighted by Crippen LogP contribution is -1.93. The lowest BCUT2D eigenvalue weighted by molar-refractivity contribution is 0.779. The first-order chi connectivity index (χ1) is 13.1. The van der Waals surface area contributed by atoms with Gasteiger partial charge in [-0.25, -0.2) is 0 Å². The molecule has 2 aliphatic rings. The quantitative estimate of drug-likeness (QED) is 0.396. The molecule has 2 aliphatic carbocycles. The summed E-state index contributed by atoms with van der Waals surface area (Å²) in [5.41, 5.74) is 8.93. The Morgan fingerprint density at radius 3 is 2.48 bits per heavy atom. The normalized spacial score (nSPS) is 13.7. The maximum Gasteiger partial charge on any atom is 0.0184 e. The molecule has 2 heteroatoms. The molecule has 0 amide bonds. The minimum Gasteiger partial charge on any atom is -0.0795 e. The average molecular weight is 488 g/mol. The molecule has 0 radical (unpaired) electrons. The van der Waals surface area contributed by atoms with E-state index in [9.17, 15) is 0 Å². The minimum absolute atomic E-state index is 1.12. The SMILES string of the molecule is CCCCC1=Cc2cc(Br)ccc2C1.CCCc1cc(Br)cc2c1CC=C2. The zero-order valence-corrected chi connectivity index (χ0v) is 19.5. The topological polar surface area (TPSA) is 0 Å². The van der Waals surface area contributed by atoms with Crippen LogP contribution < -0.4 is 0 Å². The molecule has 0 spiro atoms. The van der Waals surface area contributed by atoms with Gasteiger partial charge in [0, 0.05) is 8.95 Å². The van der Waals surface area contributed by atoms with Crippen molar-refractivity contribution in [3.8, 4) is 0 Å². The van der Waals surface area contributed by atoms with Crippen molar-refractivity contribution in [3.05, 3.63) is 78.7 Å². The molecule has 2 aromatic carbocycles. The van der Waals surface area contributed by atoms with Gasteiger partial charge in [-0.3, -0.25) is 0 Å². The van der Waals surface area contributed by atoms with E-state index in [1.165, 1.54) is 75.3 Å². The number of fused-ring (bicyclic) bond motifs is 2. The Labute approximate surface area is 181 Å². The molecular weight excluding hydrogens is 460 g/mol. The fourth-order valence-corrected chi connectivity index (χ4v) is 4.75. The summed E-state index contributed by atoms with van der Waals surface area (Å²) in [4.78, 5) is 0. The molecule has 0 saturated carbocycles. The Bertz CT molecular complexity index is 859. The Hall–Kier alpha value is -1.12. The second kappa shape index (κ2) is 9.89. The molecule has 0 N–H and O–H groups in total. The van der Waals surface area contributed by atoms with Crippen LogP contribution >= 0.6 is 31.9 Å². The Morgan fingerprint density at radius 2 is 1.70 bits per heavy atom. The third-order valence-corrected chi connectivity index (χ3v) is 6.17. The number of allylic oxidation sites excluding steroid dienone is 2.